The molecule has 0 amide bonds. The molecule has 0 spiro atoms. The summed E-state index contributed by atoms with van der Waals surface area (Å²) in [5.41, 5.74) is 2.49. The van der Waals surface area contributed by atoms with E-state index < -0.39 is 0 Å². The minimum Gasteiger partial charge on any atom is -1.00 e. The smallest absolute Gasteiger partial charge is 0.169 e. The Bertz CT molecular complexity index is 511. The fraction of sp³-hybridized carbons (Fsp3) is 0.500. The normalized spacial score (nSPS) is 10.3. The molecule has 2 heterocycles. The molecule has 2 aromatic heterocycles. The van der Waals surface area contributed by atoms with Crippen LogP contribution in [0.5, 0.6) is 0 Å². The Labute approximate surface area is 158 Å². The Balaban J connectivity index is 0.00000264. The van der Waals surface area contributed by atoms with E-state index in [1.54, 1.807) is 0 Å². The van der Waals surface area contributed by atoms with Gasteiger partial charge in [0.1, 0.15) is 6.54 Å². The summed E-state index contributed by atoms with van der Waals surface area (Å²) in [6.45, 7) is 3.41. The maximum absolute atomic E-state index is 4.06. The minimum atomic E-state index is 0. The monoisotopic (exact) mass is 424 g/mol. The van der Waals surface area contributed by atoms with Crippen LogP contribution in [0.15, 0.2) is 49.1 Å². The molecule has 0 aliphatic rings. The number of aromatic nitrogens is 2. The number of hydrogen-bond donors (Lipinski definition) is 0. The highest BCUT2D eigenvalue weighted by Gasteiger charge is 2.02. The number of aryl methyl sites for hydroxylation is 1. The summed E-state index contributed by atoms with van der Waals surface area (Å²) in [7, 11) is 0. The van der Waals surface area contributed by atoms with E-state index in [0.29, 0.717) is 0 Å². The Morgan fingerprint density at radius 2 is 1.26 bits per heavy atom. The highest BCUT2D eigenvalue weighted by molar-refractivity contribution is 5.61. The zero-order valence-electron chi connectivity index (χ0n) is 14.3. The standard InChI is InChI=1S/C20H29N2.HI/c1-2-3-4-5-6-7-8-9-16-22-17-12-20(13-18-22)19-10-14-21-15-11-19;/h10-15,17-18H,2-9,16H2,1H3;1H/q+1;/p-1. The van der Waals surface area contributed by atoms with Gasteiger partial charge < -0.3 is 24.0 Å². The number of unbranched alkanes of at least 4 members (excludes halogenated alkanes) is 7. The number of rotatable bonds is 10. The molecule has 3 heteroatoms. The van der Waals surface area contributed by atoms with E-state index >= 15 is 0 Å². The average Bonchev–Trinajstić information content (AvgIpc) is 2.59. The van der Waals surface area contributed by atoms with Crippen molar-refractivity contribution >= 4 is 0 Å². The van der Waals surface area contributed by atoms with Gasteiger partial charge in [-0.25, -0.2) is 4.57 Å². The van der Waals surface area contributed by atoms with Gasteiger partial charge in [0.15, 0.2) is 12.4 Å². The fourth-order valence-corrected chi connectivity index (χ4v) is 2.77. The first kappa shape index (κ1) is 20.1. The second-order valence-corrected chi connectivity index (χ2v) is 6.04. The summed E-state index contributed by atoms with van der Waals surface area (Å²) in [6, 6.07) is 8.50. The van der Waals surface area contributed by atoms with E-state index in [4.69, 9.17) is 0 Å². The van der Waals surface area contributed by atoms with E-state index in [9.17, 15) is 0 Å². The van der Waals surface area contributed by atoms with Crippen LogP contribution in [0.25, 0.3) is 11.1 Å². The fourth-order valence-electron chi connectivity index (χ4n) is 2.77. The maximum Gasteiger partial charge on any atom is 0.169 e. The Morgan fingerprint density at radius 1 is 0.739 bits per heavy atom. The van der Waals surface area contributed by atoms with Crippen LogP contribution in [-0.4, -0.2) is 4.98 Å². The van der Waals surface area contributed by atoms with E-state index in [-0.39, 0.29) is 24.0 Å². The van der Waals surface area contributed by atoms with Gasteiger partial charge in [0.05, 0.1) is 0 Å². The van der Waals surface area contributed by atoms with Gasteiger partial charge in [0, 0.05) is 30.9 Å². The quantitative estimate of drug-likeness (QED) is 0.325. The second kappa shape index (κ2) is 12.5. The van der Waals surface area contributed by atoms with Crippen molar-refractivity contribution in [3.05, 3.63) is 49.1 Å². The minimum absolute atomic E-state index is 0. The molecule has 23 heavy (non-hydrogen) atoms. The van der Waals surface area contributed by atoms with Crippen molar-refractivity contribution in [3.8, 4) is 11.1 Å². The molecule has 0 radical (unpaired) electrons. The summed E-state index contributed by atoms with van der Waals surface area (Å²) in [5.74, 6) is 0. The third-order valence-corrected chi connectivity index (χ3v) is 4.17. The molecule has 0 aromatic carbocycles. The first-order valence-electron chi connectivity index (χ1n) is 8.79. The highest BCUT2D eigenvalue weighted by Crippen LogP contribution is 2.15. The summed E-state index contributed by atoms with van der Waals surface area (Å²) in [6.07, 6.45) is 19.1. The van der Waals surface area contributed by atoms with Crippen molar-refractivity contribution in [2.45, 2.75) is 64.8 Å². The molecule has 0 saturated carbocycles. The van der Waals surface area contributed by atoms with E-state index in [2.05, 4.69) is 53.1 Å². The van der Waals surface area contributed by atoms with Gasteiger partial charge in [-0.3, -0.25) is 4.98 Å². The first-order valence-corrected chi connectivity index (χ1v) is 8.79. The van der Waals surface area contributed by atoms with E-state index in [0.717, 1.165) is 6.54 Å². The van der Waals surface area contributed by atoms with E-state index in [1.807, 2.05) is 12.4 Å². The molecule has 126 valence electrons. The Hall–Kier alpha value is -0.970. The van der Waals surface area contributed by atoms with Crippen LogP contribution in [0.3, 0.4) is 0 Å². The number of nitrogens with zero attached hydrogens (tertiary/aromatic N) is 2. The Morgan fingerprint density at radius 3 is 1.87 bits per heavy atom. The van der Waals surface area contributed by atoms with Crippen LogP contribution >= 0.6 is 0 Å². The highest BCUT2D eigenvalue weighted by atomic mass is 127. The average molecular weight is 424 g/mol. The number of pyridine rings is 2. The van der Waals surface area contributed by atoms with Crippen molar-refractivity contribution < 1.29 is 28.5 Å². The lowest BCUT2D eigenvalue weighted by Crippen LogP contribution is -3.00. The lowest BCUT2D eigenvalue weighted by molar-refractivity contribution is -0.697. The molecule has 0 N–H and O–H groups in total. The van der Waals surface area contributed by atoms with Gasteiger partial charge in [-0.15, -0.1) is 0 Å². The topological polar surface area (TPSA) is 16.8 Å². The van der Waals surface area contributed by atoms with Gasteiger partial charge in [0.2, 0.25) is 0 Å². The van der Waals surface area contributed by atoms with Crippen LogP contribution in [0.4, 0.5) is 0 Å². The van der Waals surface area contributed by atoms with Crippen molar-refractivity contribution in [3.63, 3.8) is 0 Å². The van der Waals surface area contributed by atoms with Crippen LogP contribution in [0, 0.1) is 0 Å². The van der Waals surface area contributed by atoms with Crippen molar-refractivity contribution in [2.75, 3.05) is 0 Å². The predicted molar refractivity (Wildman–Crippen MR) is 92.5 cm³/mol. The van der Waals surface area contributed by atoms with E-state index in [1.165, 1.54) is 62.5 Å². The van der Waals surface area contributed by atoms with Crippen molar-refractivity contribution in [2.24, 2.45) is 0 Å². The predicted octanol–water partition coefficient (Wildman–Crippen LogP) is 2.18. The maximum atomic E-state index is 4.06. The first-order chi connectivity index (χ1) is 10.9. The zero-order valence-corrected chi connectivity index (χ0v) is 16.4. The number of halogens is 1. The molecule has 2 rings (SSSR count). The lowest BCUT2D eigenvalue weighted by Gasteiger charge is -2.02. The van der Waals surface area contributed by atoms with Gasteiger partial charge in [0.25, 0.3) is 0 Å². The summed E-state index contributed by atoms with van der Waals surface area (Å²) >= 11 is 0. The molecule has 0 saturated heterocycles. The molecular weight excluding hydrogens is 395 g/mol. The third-order valence-electron chi connectivity index (χ3n) is 4.17. The molecular formula is C20H29IN2. The summed E-state index contributed by atoms with van der Waals surface area (Å²) in [4.78, 5) is 4.06. The molecule has 2 nitrogen and oxygen atoms in total. The molecule has 0 aliphatic carbocycles. The van der Waals surface area contributed by atoms with Crippen LogP contribution in [0.1, 0.15) is 58.3 Å². The van der Waals surface area contributed by atoms with Gasteiger partial charge in [-0.2, -0.15) is 0 Å². The second-order valence-electron chi connectivity index (χ2n) is 6.04. The molecule has 0 fully saturated rings. The summed E-state index contributed by atoms with van der Waals surface area (Å²) < 4.78 is 2.29. The van der Waals surface area contributed by atoms with Gasteiger partial charge in [-0.1, -0.05) is 45.4 Å². The molecule has 2 aromatic rings. The molecule has 0 atom stereocenters. The zero-order chi connectivity index (χ0) is 15.5. The lowest BCUT2D eigenvalue weighted by atomic mass is 10.1. The van der Waals surface area contributed by atoms with Crippen molar-refractivity contribution in [1.82, 2.24) is 4.98 Å². The Kier molecular flexibility index (Phi) is 10.9. The number of hydrogen-bond acceptors (Lipinski definition) is 1. The molecule has 0 aliphatic heterocycles. The van der Waals surface area contributed by atoms with Crippen LogP contribution < -0.4 is 28.5 Å². The van der Waals surface area contributed by atoms with Gasteiger partial charge >= 0.3 is 0 Å². The molecule has 0 bridgehead atoms. The third kappa shape index (κ3) is 7.91. The summed E-state index contributed by atoms with van der Waals surface area (Å²) in [5, 5.41) is 0. The largest absolute Gasteiger partial charge is 1.00 e. The van der Waals surface area contributed by atoms with Crippen LogP contribution in [-0.2, 0) is 6.54 Å². The SMILES string of the molecule is CCCCCCCCCC[n+]1ccc(-c2ccncc2)cc1.[I-]. The van der Waals surface area contributed by atoms with Crippen LogP contribution in [0.2, 0.25) is 0 Å². The van der Waals surface area contributed by atoms with Crippen molar-refractivity contribution in [1.29, 1.82) is 0 Å². The molecule has 0 unspecified atom stereocenters. The van der Waals surface area contributed by atoms with Gasteiger partial charge in [-0.05, 0) is 29.7 Å².